The van der Waals surface area contributed by atoms with E-state index in [1.54, 1.807) is 11.3 Å². The molecule has 36 heavy (non-hydrogen) atoms. The molecule has 3 heterocycles. The maximum atomic E-state index is 5.79. The van der Waals surface area contributed by atoms with Crippen molar-refractivity contribution in [3.63, 3.8) is 0 Å². The van der Waals surface area contributed by atoms with Crippen LogP contribution in [0.2, 0.25) is 0 Å². The molecule has 0 spiro atoms. The lowest BCUT2D eigenvalue weighted by Gasteiger charge is -2.37. The first-order valence-electron chi connectivity index (χ1n) is 12.7. The zero-order valence-electron chi connectivity index (χ0n) is 21.3. The Bertz CT molecular complexity index is 1360. The minimum absolute atomic E-state index is 0.800. The molecule has 4 aromatic rings. The fourth-order valence-electron chi connectivity index (χ4n) is 4.78. The molecule has 1 saturated heterocycles. The van der Waals surface area contributed by atoms with Crippen LogP contribution in [0.25, 0.3) is 10.2 Å². The molecule has 1 N–H and O–H groups in total. The van der Waals surface area contributed by atoms with Crippen LogP contribution in [0.15, 0.2) is 54.6 Å². The Morgan fingerprint density at radius 1 is 0.944 bits per heavy atom. The summed E-state index contributed by atoms with van der Waals surface area (Å²) in [6, 6.07) is 19.0. The molecule has 0 saturated carbocycles. The molecular weight excluding hydrogens is 482 g/mol. The van der Waals surface area contributed by atoms with Gasteiger partial charge in [0.05, 0.1) is 5.39 Å². The number of nitrogens with zero attached hydrogens (tertiary/aromatic N) is 4. The van der Waals surface area contributed by atoms with Crippen LogP contribution in [0.1, 0.15) is 34.3 Å². The SMILES string of the molecule is CCc1ccccc1NC(=S)N1CCN(c2nc(CCc3ccccc3)nc3sc(C)c(C)c23)CC1. The van der Waals surface area contributed by atoms with Crippen molar-refractivity contribution in [3.05, 3.63) is 82.0 Å². The molecule has 1 aliphatic heterocycles. The van der Waals surface area contributed by atoms with E-state index < -0.39 is 0 Å². The lowest BCUT2D eigenvalue weighted by Crippen LogP contribution is -2.50. The van der Waals surface area contributed by atoms with Crippen molar-refractivity contribution in [2.45, 2.75) is 40.0 Å². The number of thiophene rings is 1. The van der Waals surface area contributed by atoms with Crippen molar-refractivity contribution in [1.82, 2.24) is 14.9 Å². The van der Waals surface area contributed by atoms with Gasteiger partial charge < -0.3 is 15.1 Å². The van der Waals surface area contributed by atoms with Crippen LogP contribution in [0, 0.1) is 13.8 Å². The van der Waals surface area contributed by atoms with Crippen molar-refractivity contribution in [3.8, 4) is 0 Å². The number of aryl methyl sites for hydroxylation is 5. The van der Waals surface area contributed by atoms with Gasteiger partial charge in [0.15, 0.2) is 5.11 Å². The summed E-state index contributed by atoms with van der Waals surface area (Å²) in [6.45, 7) is 10.1. The number of fused-ring (bicyclic) bond motifs is 1. The zero-order chi connectivity index (χ0) is 25.1. The highest BCUT2D eigenvalue weighted by molar-refractivity contribution is 7.80. The second kappa shape index (κ2) is 10.9. The van der Waals surface area contributed by atoms with E-state index in [-0.39, 0.29) is 0 Å². The van der Waals surface area contributed by atoms with Gasteiger partial charge >= 0.3 is 0 Å². The monoisotopic (exact) mass is 515 g/mol. The molecule has 7 heteroatoms. The summed E-state index contributed by atoms with van der Waals surface area (Å²) in [5.41, 5.74) is 5.02. The molecule has 2 aromatic carbocycles. The van der Waals surface area contributed by atoms with Crippen molar-refractivity contribution in [2.75, 3.05) is 36.4 Å². The summed E-state index contributed by atoms with van der Waals surface area (Å²) in [4.78, 5) is 17.2. The second-order valence-electron chi connectivity index (χ2n) is 9.33. The summed E-state index contributed by atoms with van der Waals surface area (Å²) >= 11 is 7.58. The largest absolute Gasteiger partial charge is 0.352 e. The van der Waals surface area contributed by atoms with Gasteiger partial charge in [0.2, 0.25) is 0 Å². The number of nitrogens with one attached hydrogen (secondary N) is 1. The Morgan fingerprint density at radius 2 is 1.67 bits per heavy atom. The van der Waals surface area contributed by atoms with E-state index >= 15 is 0 Å². The molecule has 0 bridgehead atoms. The van der Waals surface area contributed by atoms with Crippen molar-refractivity contribution < 1.29 is 0 Å². The van der Waals surface area contributed by atoms with Gasteiger partial charge in [-0.3, -0.25) is 0 Å². The third kappa shape index (κ3) is 5.22. The number of para-hydroxylation sites is 1. The number of aromatic nitrogens is 2. The van der Waals surface area contributed by atoms with E-state index in [1.807, 2.05) is 0 Å². The first kappa shape index (κ1) is 24.7. The third-order valence-corrected chi connectivity index (χ3v) is 8.50. The maximum absolute atomic E-state index is 5.79. The van der Waals surface area contributed by atoms with Gasteiger partial charge in [0.25, 0.3) is 0 Å². The minimum Gasteiger partial charge on any atom is -0.352 e. The molecule has 5 rings (SSSR count). The quantitative estimate of drug-likeness (QED) is 0.310. The first-order valence-corrected chi connectivity index (χ1v) is 13.9. The second-order valence-corrected chi connectivity index (χ2v) is 10.9. The number of anilines is 2. The first-order chi connectivity index (χ1) is 17.5. The smallest absolute Gasteiger partial charge is 0.173 e. The van der Waals surface area contributed by atoms with Crippen molar-refractivity contribution in [1.29, 1.82) is 0 Å². The molecule has 0 aliphatic carbocycles. The molecule has 0 radical (unpaired) electrons. The fourth-order valence-corrected chi connectivity index (χ4v) is 6.11. The average Bonchev–Trinajstić information content (AvgIpc) is 3.21. The van der Waals surface area contributed by atoms with Crippen molar-refractivity contribution >= 4 is 50.4 Å². The fraction of sp³-hybridized carbons (Fsp3) is 0.345. The lowest BCUT2D eigenvalue weighted by molar-refractivity contribution is 0.390. The standard InChI is InChI=1S/C29H33N5S2/c1-4-23-12-8-9-13-24(23)30-29(35)34-18-16-33(17-19-34)27-26-20(2)21(3)36-28(26)32-25(31-27)15-14-22-10-6-5-7-11-22/h5-13H,4,14-19H2,1-3H3,(H,30,35). The van der Waals surface area contributed by atoms with E-state index in [0.29, 0.717) is 0 Å². The number of hydrogen-bond acceptors (Lipinski definition) is 5. The highest BCUT2D eigenvalue weighted by Gasteiger charge is 2.24. The van der Waals surface area contributed by atoms with E-state index in [2.05, 4.69) is 90.5 Å². The number of rotatable bonds is 6. The minimum atomic E-state index is 0.800. The summed E-state index contributed by atoms with van der Waals surface area (Å²) in [5.74, 6) is 2.01. The van der Waals surface area contributed by atoms with Gasteiger partial charge in [0, 0.05) is 43.2 Å². The predicted molar refractivity (Wildman–Crippen MR) is 157 cm³/mol. The Hall–Kier alpha value is -3.03. The molecule has 0 amide bonds. The molecule has 5 nitrogen and oxygen atoms in total. The van der Waals surface area contributed by atoms with Crippen LogP contribution in [0.5, 0.6) is 0 Å². The summed E-state index contributed by atoms with van der Waals surface area (Å²) < 4.78 is 0. The van der Waals surface area contributed by atoms with Crippen LogP contribution >= 0.6 is 23.6 Å². The summed E-state index contributed by atoms with van der Waals surface area (Å²) in [5, 5.41) is 5.50. The topological polar surface area (TPSA) is 44.3 Å². The Balaban J connectivity index is 1.32. The van der Waals surface area contributed by atoms with Gasteiger partial charge in [-0.2, -0.15) is 0 Å². The molecule has 0 unspecified atom stereocenters. The molecule has 1 fully saturated rings. The number of thiocarbonyl (C=S) groups is 1. The zero-order valence-corrected chi connectivity index (χ0v) is 22.9. The third-order valence-electron chi connectivity index (χ3n) is 7.04. The Kier molecular flexibility index (Phi) is 7.48. The van der Waals surface area contributed by atoms with Crippen LogP contribution in [0.4, 0.5) is 11.5 Å². The van der Waals surface area contributed by atoms with E-state index in [9.17, 15) is 0 Å². The average molecular weight is 516 g/mol. The van der Waals surface area contributed by atoms with Gasteiger partial charge in [-0.15, -0.1) is 11.3 Å². The Labute approximate surface area is 223 Å². The maximum Gasteiger partial charge on any atom is 0.173 e. The normalized spacial score (nSPS) is 13.9. The summed E-state index contributed by atoms with van der Waals surface area (Å²) in [6.07, 6.45) is 2.77. The number of hydrogen-bond donors (Lipinski definition) is 1. The molecule has 2 aromatic heterocycles. The van der Waals surface area contributed by atoms with E-state index in [0.717, 1.165) is 72.7 Å². The van der Waals surface area contributed by atoms with E-state index in [1.165, 1.54) is 27.0 Å². The lowest BCUT2D eigenvalue weighted by atomic mass is 10.1. The van der Waals surface area contributed by atoms with Gasteiger partial charge in [-0.25, -0.2) is 9.97 Å². The predicted octanol–water partition coefficient (Wildman–Crippen LogP) is 6.17. The molecule has 1 aliphatic rings. The van der Waals surface area contributed by atoms with Gasteiger partial charge in [-0.1, -0.05) is 55.5 Å². The van der Waals surface area contributed by atoms with Crippen LogP contribution in [-0.2, 0) is 19.3 Å². The highest BCUT2D eigenvalue weighted by Crippen LogP contribution is 2.35. The van der Waals surface area contributed by atoms with Gasteiger partial charge in [-0.05, 0) is 61.7 Å². The van der Waals surface area contributed by atoms with Gasteiger partial charge in [0.1, 0.15) is 16.5 Å². The highest BCUT2D eigenvalue weighted by atomic mass is 32.1. The molecule has 0 atom stereocenters. The summed E-state index contributed by atoms with van der Waals surface area (Å²) in [7, 11) is 0. The van der Waals surface area contributed by atoms with Crippen LogP contribution in [-0.4, -0.2) is 46.2 Å². The Morgan fingerprint density at radius 3 is 2.42 bits per heavy atom. The molecular formula is C29H33N5S2. The van der Waals surface area contributed by atoms with Crippen LogP contribution < -0.4 is 10.2 Å². The van der Waals surface area contributed by atoms with Crippen molar-refractivity contribution in [2.24, 2.45) is 0 Å². The van der Waals surface area contributed by atoms with E-state index in [4.69, 9.17) is 22.2 Å². The van der Waals surface area contributed by atoms with Crippen LogP contribution in [0.3, 0.4) is 0 Å². The number of piperazine rings is 1. The molecule has 186 valence electrons. The number of benzene rings is 2.